The van der Waals surface area contributed by atoms with Crippen LogP contribution in [0.1, 0.15) is 50.1 Å². The van der Waals surface area contributed by atoms with Gasteiger partial charge in [0.15, 0.2) is 5.65 Å². The second kappa shape index (κ2) is 7.19. The summed E-state index contributed by atoms with van der Waals surface area (Å²) in [5.74, 6) is 1.10. The van der Waals surface area contributed by atoms with Crippen molar-refractivity contribution in [3.05, 3.63) is 40.2 Å². The van der Waals surface area contributed by atoms with Crippen LogP contribution in [0, 0.1) is 6.92 Å². The lowest BCUT2D eigenvalue weighted by molar-refractivity contribution is 0.661. The summed E-state index contributed by atoms with van der Waals surface area (Å²) in [6.45, 7) is 6.45. The smallest absolute Gasteiger partial charge is 0.165 e. The highest BCUT2D eigenvalue weighted by Gasteiger charge is 2.25. The van der Waals surface area contributed by atoms with Crippen LogP contribution in [-0.2, 0) is 12.8 Å². The molecule has 1 N–H and O–H groups in total. The molecule has 138 valence electrons. The van der Waals surface area contributed by atoms with Gasteiger partial charge in [-0.15, -0.1) is 0 Å². The number of benzene rings is 1. The van der Waals surface area contributed by atoms with Crippen molar-refractivity contribution in [2.45, 2.75) is 58.9 Å². The summed E-state index contributed by atoms with van der Waals surface area (Å²) in [6, 6.07) is 6.05. The number of hydrogen-bond donors (Lipinski definition) is 1. The molecular weight excluding hydrogens is 355 g/mol. The van der Waals surface area contributed by atoms with E-state index in [0.717, 1.165) is 60.4 Å². The average Bonchev–Trinajstić information content (AvgIpc) is 3.23. The summed E-state index contributed by atoms with van der Waals surface area (Å²) < 4.78 is 1.99. The molecule has 2 aromatic heterocycles. The minimum absolute atomic E-state index is 0.424. The van der Waals surface area contributed by atoms with Gasteiger partial charge < -0.3 is 5.32 Å². The Morgan fingerprint density at radius 3 is 2.74 bits per heavy atom. The van der Waals surface area contributed by atoms with Crippen LogP contribution in [0.5, 0.6) is 0 Å². The molecule has 1 aliphatic carbocycles. The van der Waals surface area contributed by atoms with Crippen LogP contribution >= 0.6 is 11.6 Å². The number of halogens is 1. The Hall–Kier alpha value is -2.01. The van der Waals surface area contributed by atoms with Crippen LogP contribution in [0.3, 0.4) is 0 Å². The Balaban J connectivity index is 1.97. The molecule has 1 aromatic carbocycles. The molecule has 0 aliphatic heterocycles. The van der Waals surface area contributed by atoms with E-state index in [1.807, 2.05) is 23.6 Å². The average molecular weight is 379 g/mol. The summed E-state index contributed by atoms with van der Waals surface area (Å²) in [4.78, 5) is 5.01. The van der Waals surface area contributed by atoms with Crippen LogP contribution in [0.2, 0.25) is 5.02 Å². The van der Waals surface area contributed by atoms with Crippen molar-refractivity contribution < 1.29 is 0 Å². The molecule has 27 heavy (non-hydrogen) atoms. The number of hydrogen-bond acceptors (Lipinski definition) is 3. The van der Waals surface area contributed by atoms with Gasteiger partial charge in [-0.3, -0.25) is 0 Å². The Morgan fingerprint density at radius 2 is 2.04 bits per heavy atom. The SMILES string of the molecule is [B]c1ccc(-c2c(C)nn3c(NC(CC)CC)c4c(nc23)CCC4)c(Cl)c1. The highest BCUT2D eigenvalue weighted by molar-refractivity contribution is 6.38. The maximum Gasteiger partial charge on any atom is 0.165 e. The number of aryl methyl sites for hydroxylation is 2. The predicted octanol–water partition coefficient (Wildman–Crippen LogP) is 4.24. The van der Waals surface area contributed by atoms with E-state index in [2.05, 4.69) is 19.2 Å². The van der Waals surface area contributed by atoms with Crippen molar-refractivity contribution in [3.8, 4) is 11.1 Å². The van der Waals surface area contributed by atoms with Gasteiger partial charge >= 0.3 is 0 Å². The van der Waals surface area contributed by atoms with Crippen LogP contribution in [0.15, 0.2) is 18.2 Å². The van der Waals surface area contributed by atoms with Crippen molar-refractivity contribution in [1.82, 2.24) is 14.6 Å². The summed E-state index contributed by atoms with van der Waals surface area (Å²) in [5, 5.41) is 9.23. The van der Waals surface area contributed by atoms with E-state index in [1.54, 1.807) is 6.07 Å². The van der Waals surface area contributed by atoms with E-state index in [4.69, 9.17) is 29.5 Å². The fourth-order valence-electron chi connectivity index (χ4n) is 4.02. The Morgan fingerprint density at radius 1 is 1.26 bits per heavy atom. The lowest BCUT2D eigenvalue weighted by atomic mass is 9.93. The Labute approximate surface area is 166 Å². The molecule has 4 nitrogen and oxygen atoms in total. The van der Waals surface area contributed by atoms with E-state index in [-0.39, 0.29) is 0 Å². The van der Waals surface area contributed by atoms with E-state index in [0.29, 0.717) is 16.5 Å². The number of nitrogens with zero attached hydrogens (tertiary/aromatic N) is 3. The molecule has 0 saturated carbocycles. The van der Waals surface area contributed by atoms with Gasteiger partial charge in [0.2, 0.25) is 0 Å². The predicted molar refractivity (Wildman–Crippen MR) is 114 cm³/mol. The van der Waals surface area contributed by atoms with Gasteiger partial charge in [-0.25, -0.2) is 4.98 Å². The van der Waals surface area contributed by atoms with Crippen molar-refractivity contribution in [3.63, 3.8) is 0 Å². The van der Waals surface area contributed by atoms with E-state index in [9.17, 15) is 0 Å². The maximum absolute atomic E-state index is 6.52. The minimum Gasteiger partial charge on any atom is -0.367 e. The number of nitrogens with one attached hydrogen (secondary N) is 1. The molecule has 0 spiro atoms. The lowest BCUT2D eigenvalue weighted by Crippen LogP contribution is -2.21. The largest absolute Gasteiger partial charge is 0.367 e. The first-order valence-electron chi connectivity index (χ1n) is 9.76. The number of aromatic nitrogens is 3. The molecule has 4 rings (SSSR count). The van der Waals surface area contributed by atoms with Crippen LogP contribution in [-0.4, -0.2) is 28.5 Å². The first kappa shape index (κ1) is 18.4. The fraction of sp³-hybridized carbons (Fsp3) is 0.429. The topological polar surface area (TPSA) is 42.2 Å². The maximum atomic E-state index is 6.52. The zero-order chi connectivity index (χ0) is 19.1. The molecular formula is C21H24BClN4. The number of anilines is 1. The number of rotatable bonds is 5. The monoisotopic (exact) mass is 378 g/mol. The van der Waals surface area contributed by atoms with Crippen molar-refractivity contribution >= 4 is 36.4 Å². The zero-order valence-electron chi connectivity index (χ0n) is 16.1. The van der Waals surface area contributed by atoms with Crippen LogP contribution < -0.4 is 10.8 Å². The van der Waals surface area contributed by atoms with Crippen molar-refractivity contribution in [2.24, 2.45) is 0 Å². The fourth-order valence-corrected chi connectivity index (χ4v) is 4.30. The zero-order valence-corrected chi connectivity index (χ0v) is 16.9. The standard InChI is InChI=1S/C21H24BClN4/c1-4-14(5-2)24-20-16-7-6-8-18(16)25-21-19(12(3)26-27(20)21)15-10-9-13(22)11-17(15)23/h9-11,14,24H,4-8H2,1-3H3. The molecule has 0 atom stereocenters. The summed E-state index contributed by atoms with van der Waals surface area (Å²) >= 11 is 6.52. The molecule has 3 aromatic rings. The number of fused-ring (bicyclic) bond motifs is 2. The van der Waals surface area contributed by atoms with Crippen LogP contribution in [0.4, 0.5) is 5.82 Å². The van der Waals surface area contributed by atoms with Gasteiger partial charge in [-0.2, -0.15) is 9.61 Å². The molecule has 2 heterocycles. The van der Waals surface area contributed by atoms with Gasteiger partial charge in [-0.05, 0) is 45.1 Å². The normalized spacial score (nSPS) is 13.5. The first-order chi connectivity index (χ1) is 13.0. The third-order valence-corrected chi connectivity index (χ3v) is 5.86. The molecule has 1 aliphatic rings. The van der Waals surface area contributed by atoms with E-state index in [1.165, 1.54) is 11.3 Å². The van der Waals surface area contributed by atoms with E-state index < -0.39 is 0 Å². The molecule has 6 heteroatoms. The second-order valence-corrected chi connectivity index (χ2v) is 7.74. The first-order valence-corrected chi connectivity index (χ1v) is 10.1. The third-order valence-electron chi connectivity index (χ3n) is 5.55. The lowest BCUT2D eigenvalue weighted by Gasteiger charge is -2.19. The minimum atomic E-state index is 0.424. The Kier molecular flexibility index (Phi) is 4.89. The van der Waals surface area contributed by atoms with Gasteiger partial charge in [0, 0.05) is 27.9 Å². The van der Waals surface area contributed by atoms with Gasteiger partial charge in [0.05, 0.1) is 11.3 Å². The van der Waals surface area contributed by atoms with Gasteiger partial charge in [0.25, 0.3) is 0 Å². The molecule has 0 saturated heterocycles. The molecule has 2 radical (unpaired) electrons. The van der Waals surface area contributed by atoms with Crippen molar-refractivity contribution in [2.75, 3.05) is 5.32 Å². The van der Waals surface area contributed by atoms with Gasteiger partial charge in [-0.1, -0.05) is 43.0 Å². The summed E-state index contributed by atoms with van der Waals surface area (Å²) in [5.41, 5.74) is 6.86. The Bertz CT molecular complexity index is 1010. The summed E-state index contributed by atoms with van der Waals surface area (Å²) in [7, 11) is 5.88. The highest BCUT2D eigenvalue weighted by Crippen LogP contribution is 2.37. The molecule has 0 unspecified atom stereocenters. The second-order valence-electron chi connectivity index (χ2n) is 7.33. The molecule has 0 amide bonds. The third kappa shape index (κ3) is 3.12. The summed E-state index contributed by atoms with van der Waals surface area (Å²) in [6.07, 6.45) is 5.36. The van der Waals surface area contributed by atoms with Crippen molar-refractivity contribution in [1.29, 1.82) is 0 Å². The molecule has 0 bridgehead atoms. The van der Waals surface area contributed by atoms with Gasteiger partial charge in [0.1, 0.15) is 13.7 Å². The highest BCUT2D eigenvalue weighted by atomic mass is 35.5. The van der Waals surface area contributed by atoms with E-state index >= 15 is 0 Å². The van der Waals surface area contributed by atoms with Crippen LogP contribution in [0.25, 0.3) is 16.8 Å². The quantitative estimate of drug-likeness (QED) is 0.675. The molecule has 0 fully saturated rings.